The second kappa shape index (κ2) is 4.63. The first-order chi connectivity index (χ1) is 7.70. The second-order valence-electron chi connectivity index (χ2n) is 3.82. The topological polar surface area (TPSA) is 59.1 Å². The van der Waals surface area contributed by atoms with Gasteiger partial charge in [0.05, 0.1) is 31.5 Å². The van der Waals surface area contributed by atoms with Crippen LogP contribution in [0.4, 0.5) is 0 Å². The van der Waals surface area contributed by atoms with Gasteiger partial charge in [-0.1, -0.05) is 12.1 Å². The Bertz CT molecular complexity index is 367. The van der Waals surface area contributed by atoms with Gasteiger partial charge in [-0.3, -0.25) is 0 Å². The van der Waals surface area contributed by atoms with Crippen LogP contribution in [0.3, 0.4) is 0 Å². The van der Waals surface area contributed by atoms with E-state index in [2.05, 4.69) is 4.74 Å². The van der Waals surface area contributed by atoms with Crippen molar-refractivity contribution < 1.29 is 19.4 Å². The van der Waals surface area contributed by atoms with Gasteiger partial charge in [0, 0.05) is 6.42 Å². The molecule has 4 nitrogen and oxygen atoms in total. The first-order valence-electron chi connectivity index (χ1n) is 5.18. The highest BCUT2D eigenvalue weighted by atomic mass is 16.6. The van der Waals surface area contributed by atoms with Crippen LogP contribution in [0.1, 0.15) is 28.4 Å². The van der Waals surface area contributed by atoms with Crippen molar-refractivity contribution in [2.24, 2.45) is 0 Å². The molecular formula is C12H14O4. The molecule has 2 unspecified atom stereocenters. The number of hydrogen-bond donors (Lipinski definition) is 1. The fourth-order valence-electron chi connectivity index (χ4n) is 1.55. The molecule has 1 saturated heterocycles. The minimum Gasteiger partial charge on any atom is -0.465 e. The van der Waals surface area contributed by atoms with Gasteiger partial charge in [-0.2, -0.15) is 0 Å². The Morgan fingerprint density at radius 2 is 2.19 bits per heavy atom. The third-order valence-electron chi connectivity index (χ3n) is 2.61. The maximum atomic E-state index is 11.2. The van der Waals surface area contributed by atoms with Crippen LogP contribution in [0.2, 0.25) is 0 Å². The number of aliphatic hydroxyl groups is 1. The number of aliphatic hydroxyl groups excluding tert-OH is 1. The maximum absolute atomic E-state index is 11.2. The third-order valence-corrected chi connectivity index (χ3v) is 2.61. The van der Waals surface area contributed by atoms with E-state index in [9.17, 15) is 9.90 Å². The number of hydrogen-bond acceptors (Lipinski definition) is 4. The SMILES string of the molecule is COC(=O)c1ccc(C(O)CC2CO2)cc1. The Kier molecular flexibility index (Phi) is 3.22. The third kappa shape index (κ3) is 2.59. The molecular weight excluding hydrogens is 208 g/mol. The minimum atomic E-state index is -0.529. The average molecular weight is 222 g/mol. The van der Waals surface area contributed by atoms with Crippen molar-refractivity contribution in [3.63, 3.8) is 0 Å². The summed E-state index contributed by atoms with van der Waals surface area (Å²) < 4.78 is 9.64. The van der Waals surface area contributed by atoms with Gasteiger partial charge in [0.25, 0.3) is 0 Å². The molecule has 0 amide bonds. The molecule has 1 aromatic carbocycles. The summed E-state index contributed by atoms with van der Waals surface area (Å²) in [7, 11) is 1.34. The molecule has 0 radical (unpaired) electrons. The zero-order valence-electron chi connectivity index (χ0n) is 9.05. The van der Waals surface area contributed by atoms with E-state index in [4.69, 9.17) is 4.74 Å². The first kappa shape index (κ1) is 11.1. The summed E-state index contributed by atoms with van der Waals surface area (Å²) in [5.74, 6) is -0.369. The van der Waals surface area contributed by atoms with Crippen molar-refractivity contribution in [2.45, 2.75) is 18.6 Å². The molecule has 0 saturated carbocycles. The molecule has 0 aliphatic carbocycles. The van der Waals surface area contributed by atoms with Gasteiger partial charge in [-0.05, 0) is 17.7 Å². The smallest absolute Gasteiger partial charge is 0.337 e. The lowest BCUT2D eigenvalue weighted by molar-refractivity contribution is 0.0600. The Hall–Kier alpha value is -1.39. The standard InChI is InChI=1S/C12H14O4/c1-15-12(14)9-4-2-8(3-5-9)11(13)6-10-7-16-10/h2-5,10-11,13H,6-7H2,1H3. The van der Waals surface area contributed by atoms with Crippen molar-refractivity contribution in [1.82, 2.24) is 0 Å². The van der Waals surface area contributed by atoms with Crippen LogP contribution in [0.25, 0.3) is 0 Å². The number of carbonyl (C=O) groups is 1. The number of carbonyl (C=O) groups excluding carboxylic acids is 1. The van der Waals surface area contributed by atoms with Crippen molar-refractivity contribution in [3.8, 4) is 0 Å². The van der Waals surface area contributed by atoms with Gasteiger partial charge >= 0.3 is 5.97 Å². The quantitative estimate of drug-likeness (QED) is 0.616. The summed E-state index contributed by atoms with van der Waals surface area (Å²) in [6.07, 6.45) is 0.270. The largest absolute Gasteiger partial charge is 0.465 e. The van der Waals surface area contributed by atoms with Crippen LogP contribution in [0.15, 0.2) is 24.3 Å². The van der Waals surface area contributed by atoms with Gasteiger partial charge in [0.2, 0.25) is 0 Å². The van der Waals surface area contributed by atoms with E-state index in [1.165, 1.54) is 7.11 Å². The Balaban J connectivity index is 2.02. The Labute approximate surface area is 93.8 Å². The molecule has 1 aliphatic heterocycles. The van der Waals surface area contributed by atoms with Gasteiger partial charge in [-0.15, -0.1) is 0 Å². The number of ether oxygens (including phenoxy) is 2. The molecule has 86 valence electrons. The summed E-state index contributed by atoms with van der Waals surface area (Å²) in [4.78, 5) is 11.2. The molecule has 16 heavy (non-hydrogen) atoms. The first-order valence-corrected chi connectivity index (χ1v) is 5.18. The minimum absolute atomic E-state index is 0.190. The Morgan fingerprint density at radius 3 is 2.69 bits per heavy atom. The Morgan fingerprint density at radius 1 is 1.56 bits per heavy atom. The van der Waals surface area contributed by atoms with Crippen LogP contribution in [-0.4, -0.2) is 30.9 Å². The van der Waals surface area contributed by atoms with Gasteiger partial charge in [-0.25, -0.2) is 4.79 Å². The predicted octanol–water partition coefficient (Wildman–Crippen LogP) is 1.30. The van der Waals surface area contributed by atoms with Crippen LogP contribution in [0, 0.1) is 0 Å². The maximum Gasteiger partial charge on any atom is 0.337 e. The molecule has 1 aliphatic rings. The van der Waals surface area contributed by atoms with Crippen molar-refractivity contribution in [1.29, 1.82) is 0 Å². The molecule has 1 heterocycles. The number of methoxy groups -OCH3 is 1. The van der Waals surface area contributed by atoms with Gasteiger partial charge in [0.15, 0.2) is 0 Å². The van der Waals surface area contributed by atoms with Crippen LogP contribution >= 0.6 is 0 Å². The summed E-state index contributed by atoms with van der Waals surface area (Å²) in [6, 6.07) is 6.77. The lowest BCUT2D eigenvalue weighted by Gasteiger charge is -2.09. The van der Waals surface area contributed by atoms with E-state index < -0.39 is 6.10 Å². The van der Waals surface area contributed by atoms with Crippen LogP contribution in [0.5, 0.6) is 0 Å². The summed E-state index contributed by atoms with van der Waals surface area (Å²) in [5, 5.41) is 9.82. The van der Waals surface area contributed by atoms with Gasteiger partial charge in [0.1, 0.15) is 0 Å². The highest BCUT2D eigenvalue weighted by Gasteiger charge is 2.26. The van der Waals surface area contributed by atoms with E-state index >= 15 is 0 Å². The van der Waals surface area contributed by atoms with E-state index in [0.29, 0.717) is 12.0 Å². The summed E-state index contributed by atoms with van der Waals surface area (Å²) >= 11 is 0. The van der Waals surface area contributed by atoms with Gasteiger partial charge < -0.3 is 14.6 Å². The average Bonchev–Trinajstić information content (AvgIpc) is 3.12. The normalized spacial score (nSPS) is 20.2. The highest BCUT2D eigenvalue weighted by Crippen LogP contribution is 2.25. The van der Waals surface area contributed by atoms with Crippen molar-refractivity contribution in [3.05, 3.63) is 35.4 Å². The molecule has 1 aromatic rings. The zero-order valence-corrected chi connectivity index (χ0v) is 9.05. The fraction of sp³-hybridized carbons (Fsp3) is 0.417. The number of esters is 1. The molecule has 0 bridgehead atoms. The van der Waals surface area contributed by atoms with Crippen LogP contribution in [-0.2, 0) is 9.47 Å². The fourth-order valence-corrected chi connectivity index (χ4v) is 1.55. The van der Waals surface area contributed by atoms with E-state index in [-0.39, 0.29) is 12.1 Å². The predicted molar refractivity (Wildman–Crippen MR) is 57.1 cm³/mol. The number of benzene rings is 1. The van der Waals surface area contributed by atoms with Crippen LogP contribution < -0.4 is 0 Å². The highest BCUT2D eigenvalue weighted by molar-refractivity contribution is 5.89. The molecule has 0 spiro atoms. The molecule has 0 aromatic heterocycles. The number of epoxide rings is 1. The lowest BCUT2D eigenvalue weighted by atomic mass is 10.0. The molecule has 1 N–H and O–H groups in total. The zero-order chi connectivity index (χ0) is 11.5. The molecule has 2 atom stereocenters. The van der Waals surface area contributed by atoms with E-state index in [1.807, 2.05) is 0 Å². The van der Waals surface area contributed by atoms with E-state index in [1.54, 1.807) is 24.3 Å². The lowest BCUT2D eigenvalue weighted by Crippen LogP contribution is -2.04. The summed E-state index contributed by atoms with van der Waals surface area (Å²) in [5.41, 5.74) is 1.28. The monoisotopic (exact) mass is 222 g/mol. The summed E-state index contributed by atoms with van der Waals surface area (Å²) in [6.45, 7) is 0.733. The van der Waals surface area contributed by atoms with Crippen molar-refractivity contribution in [2.75, 3.05) is 13.7 Å². The number of rotatable bonds is 4. The van der Waals surface area contributed by atoms with E-state index in [0.717, 1.165) is 12.2 Å². The second-order valence-corrected chi connectivity index (χ2v) is 3.82. The molecule has 2 rings (SSSR count). The molecule has 1 fully saturated rings. The molecule has 4 heteroatoms. The van der Waals surface area contributed by atoms with Crippen molar-refractivity contribution >= 4 is 5.97 Å².